The lowest BCUT2D eigenvalue weighted by atomic mass is 9.90. The van der Waals surface area contributed by atoms with Gasteiger partial charge in [-0.15, -0.1) is 11.8 Å². The molecule has 1 heterocycles. The molecule has 0 aliphatic carbocycles. The molecule has 58 valence electrons. The molecule has 0 aromatic rings. The van der Waals surface area contributed by atoms with Gasteiger partial charge >= 0.3 is 0 Å². The van der Waals surface area contributed by atoms with Crippen LogP contribution in [-0.4, -0.2) is 17.3 Å². The number of rotatable bonds is 2. The Hall–Kier alpha value is 0.440. The minimum atomic E-state index is 0.448. The average Bonchev–Trinajstić information content (AvgIpc) is 2.36. The van der Waals surface area contributed by atoms with Gasteiger partial charge in [-0.2, -0.15) is 11.8 Å². The first-order valence-corrected chi connectivity index (χ1v) is 5.85. The van der Waals surface area contributed by atoms with Gasteiger partial charge in [-0.1, -0.05) is 19.9 Å². The Morgan fingerprint density at radius 1 is 1.70 bits per heavy atom. The topological polar surface area (TPSA) is 0 Å². The van der Waals surface area contributed by atoms with Crippen LogP contribution in [0.15, 0.2) is 11.5 Å². The molecule has 0 saturated carbocycles. The van der Waals surface area contributed by atoms with Crippen molar-refractivity contribution in [3.05, 3.63) is 11.5 Å². The van der Waals surface area contributed by atoms with Crippen LogP contribution in [0.5, 0.6) is 0 Å². The van der Waals surface area contributed by atoms with E-state index in [2.05, 4.69) is 31.6 Å². The van der Waals surface area contributed by atoms with Gasteiger partial charge in [0, 0.05) is 16.4 Å². The highest BCUT2D eigenvalue weighted by Gasteiger charge is 2.30. The summed E-state index contributed by atoms with van der Waals surface area (Å²) < 4.78 is 0. The van der Waals surface area contributed by atoms with Gasteiger partial charge in [-0.05, 0) is 11.7 Å². The molecule has 10 heavy (non-hydrogen) atoms. The van der Waals surface area contributed by atoms with Crippen LogP contribution in [0.4, 0.5) is 0 Å². The van der Waals surface area contributed by atoms with Gasteiger partial charge in [-0.25, -0.2) is 0 Å². The second-order valence-electron chi connectivity index (χ2n) is 3.00. The summed E-state index contributed by atoms with van der Waals surface area (Å²) in [6.45, 7) is 4.64. The molecule has 2 atom stereocenters. The largest absolute Gasteiger partial charge is 0.161 e. The smallest absolute Gasteiger partial charge is 0.0113 e. The fourth-order valence-corrected chi connectivity index (χ4v) is 3.02. The molecular weight excluding hydrogens is 160 g/mol. The minimum Gasteiger partial charge on any atom is -0.161 e. The van der Waals surface area contributed by atoms with E-state index in [1.54, 1.807) is 0 Å². The Bertz CT molecular complexity index is 142. The van der Waals surface area contributed by atoms with Crippen molar-refractivity contribution >= 4 is 23.5 Å². The minimum absolute atomic E-state index is 0.448. The van der Waals surface area contributed by atoms with E-state index in [9.17, 15) is 0 Å². The normalized spacial score (nSPS) is 34.7. The maximum absolute atomic E-state index is 2.35. The van der Waals surface area contributed by atoms with Gasteiger partial charge in [0.2, 0.25) is 0 Å². The molecule has 0 bridgehead atoms. The van der Waals surface area contributed by atoms with E-state index in [4.69, 9.17) is 0 Å². The maximum Gasteiger partial charge on any atom is 0.0113 e. The summed E-state index contributed by atoms with van der Waals surface area (Å²) in [5, 5.41) is 2.98. The number of hydrogen-bond donors (Lipinski definition) is 0. The lowest BCUT2D eigenvalue weighted by Crippen LogP contribution is -2.25. The van der Waals surface area contributed by atoms with Crippen molar-refractivity contribution in [2.75, 3.05) is 12.0 Å². The molecule has 1 rings (SSSR count). The van der Waals surface area contributed by atoms with Gasteiger partial charge < -0.3 is 0 Å². The molecule has 2 heteroatoms. The van der Waals surface area contributed by atoms with Crippen LogP contribution in [0, 0.1) is 5.41 Å². The van der Waals surface area contributed by atoms with E-state index in [1.807, 2.05) is 23.5 Å². The second-order valence-corrected chi connectivity index (χ2v) is 5.07. The predicted molar refractivity (Wildman–Crippen MR) is 52.7 cm³/mol. The third-order valence-corrected chi connectivity index (χ3v) is 4.58. The molecule has 0 saturated heterocycles. The van der Waals surface area contributed by atoms with E-state index in [-0.39, 0.29) is 0 Å². The Balaban J connectivity index is 2.59. The molecule has 0 spiro atoms. The zero-order chi connectivity index (χ0) is 7.61. The van der Waals surface area contributed by atoms with E-state index in [0.29, 0.717) is 5.41 Å². The Kier molecular flexibility index (Phi) is 2.75. The molecule has 1 aliphatic heterocycles. The second kappa shape index (κ2) is 3.22. The van der Waals surface area contributed by atoms with Crippen LogP contribution in [0.3, 0.4) is 0 Å². The van der Waals surface area contributed by atoms with Gasteiger partial charge in [0.05, 0.1) is 0 Å². The first-order chi connectivity index (χ1) is 4.69. The molecule has 2 unspecified atom stereocenters. The van der Waals surface area contributed by atoms with E-state index < -0.39 is 0 Å². The van der Waals surface area contributed by atoms with E-state index in [1.165, 1.54) is 5.75 Å². The van der Waals surface area contributed by atoms with Crippen molar-refractivity contribution in [1.82, 2.24) is 0 Å². The molecule has 0 aromatic heterocycles. The molecule has 0 aromatic carbocycles. The van der Waals surface area contributed by atoms with Crippen molar-refractivity contribution < 1.29 is 0 Å². The summed E-state index contributed by atoms with van der Waals surface area (Å²) in [6.07, 6.45) is 4.53. The first-order valence-electron chi connectivity index (χ1n) is 3.51. The zero-order valence-corrected chi connectivity index (χ0v) is 8.39. The number of hydrogen-bond acceptors (Lipinski definition) is 2. The van der Waals surface area contributed by atoms with Crippen LogP contribution in [0.1, 0.15) is 13.8 Å². The number of allylic oxidation sites excluding steroid dienone is 1. The summed E-state index contributed by atoms with van der Waals surface area (Å²) >= 11 is 3.89. The SMILES string of the molecule is CSC(C)C1(C)C=CSC1. The Morgan fingerprint density at radius 2 is 2.40 bits per heavy atom. The van der Waals surface area contributed by atoms with Crippen molar-refractivity contribution in [2.24, 2.45) is 5.41 Å². The maximum atomic E-state index is 2.35. The van der Waals surface area contributed by atoms with Crippen molar-refractivity contribution in [1.29, 1.82) is 0 Å². The molecule has 0 amide bonds. The van der Waals surface area contributed by atoms with E-state index in [0.717, 1.165) is 5.25 Å². The quantitative estimate of drug-likeness (QED) is 0.631. The van der Waals surface area contributed by atoms with Crippen LogP contribution in [0.25, 0.3) is 0 Å². The highest BCUT2D eigenvalue weighted by Crippen LogP contribution is 2.39. The fourth-order valence-electron chi connectivity index (χ4n) is 1.00. The predicted octanol–water partition coefficient (Wildman–Crippen LogP) is 3.00. The average molecular weight is 174 g/mol. The van der Waals surface area contributed by atoms with Gasteiger partial charge in [-0.3, -0.25) is 0 Å². The number of thioether (sulfide) groups is 2. The Morgan fingerprint density at radius 3 is 2.80 bits per heavy atom. The summed E-state index contributed by atoms with van der Waals surface area (Å²) in [5.74, 6) is 1.26. The lowest BCUT2D eigenvalue weighted by molar-refractivity contribution is 0.494. The van der Waals surface area contributed by atoms with Gasteiger partial charge in [0.1, 0.15) is 0 Å². The molecule has 0 fully saturated rings. The molecule has 1 aliphatic rings. The van der Waals surface area contributed by atoms with Crippen molar-refractivity contribution in [3.8, 4) is 0 Å². The summed E-state index contributed by atoms with van der Waals surface area (Å²) in [5.41, 5.74) is 0.448. The van der Waals surface area contributed by atoms with Crippen LogP contribution >= 0.6 is 23.5 Å². The molecular formula is C8H14S2. The van der Waals surface area contributed by atoms with Crippen LogP contribution < -0.4 is 0 Å². The zero-order valence-electron chi connectivity index (χ0n) is 6.76. The van der Waals surface area contributed by atoms with Gasteiger partial charge in [0.15, 0.2) is 0 Å². The first kappa shape index (κ1) is 8.54. The van der Waals surface area contributed by atoms with Crippen molar-refractivity contribution in [2.45, 2.75) is 19.1 Å². The standard InChI is InChI=1S/C8H14S2/c1-7(9-3)8(2)4-5-10-6-8/h4-5,7H,6H2,1-3H3. The highest BCUT2D eigenvalue weighted by molar-refractivity contribution is 8.02. The fraction of sp³-hybridized carbons (Fsp3) is 0.750. The summed E-state index contributed by atoms with van der Waals surface area (Å²) in [6, 6.07) is 0. The highest BCUT2D eigenvalue weighted by atomic mass is 32.2. The molecule has 0 nitrogen and oxygen atoms in total. The van der Waals surface area contributed by atoms with E-state index >= 15 is 0 Å². The van der Waals surface area contributed by atoms with Crippen molar-refractivity contribution in [3.63, 3.8) is 0 Å². The lowest BCUT2D eigenvalue weighted by Gasteiger charge is -2.27. The van der Waals surface area contributed by atoms with Crippen LogP contribution in [-0.2, 0) is 0 Å². The molecule has 0 radical (unpaired) electrons. The third-order valence-electron chi connectivity index (χ3n) is 2.22. The Labute approximate surface area is 71.8 Å². The third kappa shape index (κ3) is 1.54. The monoisotopic (exact) mass is 174 g/mol. The molecule has 0 N–H and O–H groups in total. The van der Waals surface area contributed by atoms with Crippen LogP contribution in [0.2, 0.25) is 0 Å². The van der Waals surface area contributed by atoms with Gasteiger partial charge in [0.25, 0.3) is 0 Å². The summed E-state index contributed by atoms with van der Waals surface area (Å²) in [7, 11) is 0. The summed E-state index contributed by atoms with van der Waals surface area (Å²) in [4.78, 5) is 0.